The second-order valence-electron chi connectivity index (χ2n) is 13.6. The summed E-state index contributed by atoms with van der Waals surface area (Å²) >= 11 is 12.7. The number of aromatic amines is 1. The Morgan fingerprint density at radius 2 is 1.68 bits per heavy atom. The Morgan fingerprint density at radius 1 is 1.02 bits per heavy atom. The third-order valence-corrected chi connectivity index (χ3v) is 7.76. The van der Waals surface area contributed by atoms with Crippen molar-refractivity contribution in [3.63, 3.8) is 0 Å². The van der Waals surface area contributed by atoms with E-state index in [1.54, 1.807) is 10.9 Å². The first-order valence-electron chi connectivity index (χ1n) is 14.6. The molecule has 0 aliphatic heterocycles. The van der Waals surface area contributed by atoms with Crippen LogP contribution in [0.1, 0.15) is 88.0 Å². The molecule has 0 aliphatic carbocycles. The maximum absolute atomic E-state index is 6.67. The van der Waals surface area contributed by atoms with Crippen LogP contribution in [0.4, 0.5) is 0 Å². The number of nitrogens with one attached hydrogen (secondary N) is 2. The summed E-state index contributed by atoms with van der Waals surface area (Å²) in [5.41, 5.74) is 1.05. The average Bonchev–Trinajstić information content (AvgIpc) is 3.40. The van der Waals surface area contributed by atoms with Gasteiger partial charge in [0.2, 0.25) is 5.88 Å². The summed E-state index contributed by atoms with van der Waals surface area (Å²) in [5, 5.41) is 16.4. The van der Waals surface area contributed by atoms with Crippen molar-refractivity contribution in [2.75, 3.05) is 13.3 Å². The number of fused-ring (bicyclic) bond motifs is 1. The first-order chi connectivity index (χ1) is 19.1. The summed E-state index contributed by atoms with van der Waals surface area (Å²) in [7, 11) is 0. The first kappa shape index (κ1) is 33.2. The van der Waals surface area contributed by atoms with Gasteiger partial charge in [0.1, 0.15) is 11.8 Å². The van der Waals surface area contributed by atoms with Crippen LogP contribution in [-0.2, 0) is 4.74 Å². The lowest BCUT2D eigenvalue weighted by Crippen LogP contribution is -2.54. The Labute approximate surface area is 255 Å². The number of nitrogens with zero attached hydrogens (tertiary/aromatic N) is 4. The SMILES string of the molecule is CCN=COC(CCC(C)CC(C)(C)C)(NCOc1[nH]n2c(-c3ccc(Cl)cc3)nnc2c1Cl)C(C)CC(C)(C)C. The van der Waals surface area contributed by atoms with Gasteiger partial charge in [-0.05, 0) is 67.2 Å². The van der Waals surface area contributed by atoms with Crippen LogP contribution in [0.2, 0.25) is 10.0 Å². The molecule has 3 aromatic rings. The van der Waals surface area contributed by atoms with Gasteiger partial charge in [-0.1, -0.05) is 78.6 Å². The number of H-pyrrole nitrogens is 1. The number of aromatic nitrogens is 4. The van der Waals surface area contributed by atoms with Crippen LogP contribution in [0, 0.1) is 22.7 Å². The molecule has 1 aromatic carbocycles. The van der Waals surface area contributed by atoms with Crippen molar-refractivity contribution in [1.29, 1.82) is 0 Å². The van der Waals surface area contributed by atoms with Crippen molar-refractivity contribution in [3.05, 3.63) is 34.3 Å². The smallest absolute Gasteiger partial charge is 0.230 e. The molecular formula is C31H48Cl2N6O2. The number of rotatable bonds is 14. The number of benzene rings is 1. The normalized spacial score (nSPS) is 15.8. The van der Waals surface area contributed by atoms with Crippen molar-refractivity contribution in [2.45, 2.75) is 93.7 Å². The van der Waals surface area contributed by atoms with E-state index in [0.29, 0.717) is 39.9 Å². The second kappa shape index (κ2) is 13.8. The van der Waals surface area contributed by atoms with E-state index in [4.69, 9.17) is 32.7 Å². The highest BCUT2D eigenvalue weighted by Gasteiger charge is 2.40. The largest absolute Gasteiger partial charge is 0.462 e. The molecule has 10 heteroatoms. The average molecular weight is 608 g/mol. The van der Waals surface area contributed by atoms with Crippen molar-refractivity contribution in [2.24, 2.45) is 27.7 Å². The molecule has 2 aromatic heterocycles. The first-order valence-corrected chi connectivity index (χ1v) is 15.3. The van der Waals surface area contributed by atoms with Gasteiger partial charge in [-0.2, -0.15) is 0 Å². The van der Waals surface area contributed by atoms with E-state index < -0.39 is 5.72 Å². The predicted molar refractivity (Wildman–Crippen MR) is 170 cm³/mol. The van der Waals surface area contributed by atoms with Gasteiger partial charge in [0.05, 0.1) is 0 Å². The van der Waals surface area contributed by atoms with Gasteiger partial charge >= 0.3 is 0 Å². The lowest BCUT2D eigenvalue weighted by atomic mass is 9.77. The number of hydrogen-bond donors (Lipinski definition) is 2. The molecule has 228 valence electrons. The van der Waals surface area contributed by atoms with E-state index in [-0.39, 0.29) is 23.5 Å². The van der Waals surface area contributed by atoms with Crippen molar-refractivity contribution >= 4 is 35.2 Å². The Bertz CT molecular complexity index is 1270. The number of aliphatic imine (C=N–C) groups is 1. The monoisotopic (exact) mass is 606 g/mol. The third kappa shape index (κ3) is 9.35. The van der Waals surface area contributed by atoms with Crippen LogP contribution < -0.4 is 10.1 Å². The maximum Gasteiger partial charge on any atom is 0.230 e. The van der Waals surface area contributed by atoms with Gasteiger partial charge in [-0.3, -0.25) is 10.1 Å². The van der Waals surface area contributed by atoms with Gasteiger partial charge in [0.25, 0.3) is 0 Å². The molecule has 0 aliphatic rings. The van der Waals surface area contributed by atoms with Crippen LogP contribution in [0.5, 0.6) is 5.88 Å². The fourth-order valence-electron chi connectivity index (χ4n) is 5.52. The van der Waals surface area contributed by atoms with E-state index in [0.717, 1.165) is 31.2 Å². The Kier molecular flexibility index (Phi) is 11.2. The van der Waals surface area contributed by atoms with E-state index >= 15 is 0 Å². The van der Waals surface area contributed by atoms with Gasteiger partial charge in [-0.25, -0.2) is 9.83 Å². The molecule has 0 radical (unpaired) electrons. The topological polar surface area (TPSA) is 88.8 Å². The zero-order chi connectivity index (χ0) is 30.4. The van der Waals surface area contributed by atoms with Crippen molar-refractivity contribution in [3.8, 4) is 17.3 Å². The quantitative estimate of drug-likeness (QED) is 0.109. The molecule has 3 unspecified atom stereocenters. The Morgan fingerprint density at radius 3 is 2.29 bits per heavy atom. The Hall–Kier alpha value is -2.29. The maximum atomic E-state index is 6.67. The van der Waals surface area contributed by atoms with Crippen molar-refractivity contribution < 1.29 is 9.47 Å². The number of halogens is 2. The molecular weight excluding hydrogens is 559 g/mol. The summed E-state index contributed by atoms with van der Waals surface area (Å²) < 4.78 is 14.4. The van der Waals surface area contributed by atoms with Crippen LogP contribution in [0.3, 0.4) is 0 Å². The van der Waals surface area contributed by atoms with Crippen LogP contribution in [0.25, 0.3) is 17.0 Å². The molecule has 2 heterocycles. The number of ether oxygens (including phenoxy) is 2. The summed E-state index contributed by atoms with van der Waals surface area (Å²) in [6, 6.07) is 7.39. The molecule has 41 heavy (non-hydrogen) atoms. The molecule has 3 rings (SSSR count). The van der Waals surface area contributed by atoms with E-state index in [9.17, 15) is 0 Å². The molecule has 0 saturated heterocycles. The van der Waals surface area contributed by atoms with Gasteiger partial charge < -0.3 is 9.47 Å². The molecule has 0 bridgehead atoms. The van der Waals surface area contributed by atoms with E-state index in [1.165, 1.54) is 0 Å². The minimum atomic E-state index is -0.673. The zero-order valence-corrected chi connectivity index (χ0v) is 27.7. The highest BCUT2D eigenvalue weighted by Crippen LogP contribution is 2.37. The summed E-state index contributed by atoms with van der Waals surface area (Å²) in [5.74, 6) is 1.73. The fourth-order valence-corrected chi connectivity index (χ4v) is 5.86. The lowest BCUT2D eigenvalue weighted by Gasteiger charge is -2.42. The third-order valence-electron chi connectivity index (χ3n) is 7.17. The minimum absolute atomic E-state index is 0.120. The zero-order valence-electron chi connectivity index (χ0n) is 26.1. The summed E-state index contributed by atoms with van der Waals surface area (Å²) in [6.07, 6.45) is 5.51. The Balaban J connectivity index is 1.85. The lowest BCUT2D eigenvalue weighted by molar-refractivity contribution is -0.0617. The highest BCUT2D eigenvalue weighted by molar-refractivity contribution is 6.34. The van der Waals surface area contributed by atoms with Gasteiger partial charge in [0, 0.05) is 29.5 Å². The molecule has 2 N–H and O–H groups in total. The summed E-state index contributed by atoms with van der Waals surface area (Å²) in [6.45, 7) is 21.0. The van der Waals surface area contributed by atoms with Crippen LogP contribution >= 0.6 is 23.2 Å². The van der Waals surface area contributed by atoms with Crippen LogP contribution in [0.15, 0.2) is 29.3 Å². The van der Waals surface area contributed by atoms with E-state index in [1.807, 2.05) is 31.2 Å². The standard InChI is InChI=1S/C31H48Cl2N6O2/c1-10-34-19-41-31(22(3)18-30(7,8)9,16-15-21(2)17-29(4,5)6)35-20-40-28-25(33)27-37-36-26(39(27)38-28)23-11-13-24(32)14-12-23/h11-14,19,21-22,35,38H,10,15-18,20H2,1-9H3. The molecule has 0 amide bonds. The summed E-state index contributed by atoms with van der Waals surface area (Å²) in [4.78, 5) is 4.39. The predicted octanol–water partition coefficient (Wildman–Crippen LogP) is 8.64. The molecule has 0 saturated carbocycles. The van der Waals surface area contributed by atoms with Crippen LogP contribution in [-0.4, -0.2) is 45.2 Å². The number of hydrogen-bond acceptors (Lipinski definition) is 6. The molecule has 8 nitrogen and oxygen atoms in total. The van der Waals surface area contributed by atoms with Gasteiger partial charge in [-0.15, -0.1) is 10.2 Å². The fraction of sp³-hybridized carbons (Fsp3) is 0.645. The highest BCUT2D eigenvalue weighted by atomic mass is 35.5. The molecule has 3 atom stereocenters. The van der Waals surface area contributed by atoms with Crippen molar-refractivity contribution in [1.82, 2.24) is 25.1 Å². The molecule has 0 spiro atoms. The molecule has 0 fully saturated rings. The minimum Gasteiger partial charge on any atom is -0.462 e. The second-order valence-corrected chi connectivity index (χ2v) is 14.4. The van der Waals surface area contributed by atoms with E-state index in [2.05, 4.69) is 81.0 Å². The van der Waals surface area contributed by atoms with Gasteiger partial charge in [0.15, 0.2) is 23.6 Å².